The standard InChI is InChI=1S/C10H11BrClN3O/c11-8-4-7(12)5-14-10(8)15-3-1-2-13-9(16)6-15/h4-5H,1-3,6H2,(H,13,16). The largest absolute Gasteiger partial charge is 0.354 e. The van der Waals surface area contributed by atoms with Crippen molar-refractivity contribution in [2.75, 3.05) is 24.5 Å². The smallest absolute Gasteiger partial charge is 0.239 e. The van der Waals surface area contributed by atoms with Crippen molar-refractivity contribution in [2.24, 2.45) is 0 Å². The summed E-state index contributed by atoms with van der Waals surface area (Å²) in [7, 11) is 0. The summed E-state index contributed by atoms with van der Waals surface area (Å²) in [5, 5.41) is 3.40. The lowest BCUT2D eigenvalue weighted by atomic mass is 10.3. The van der Waals surface area contributed by atoms with Crippen LogP contribution in [0.3, 0.4) is 0 Å². The third-order valence-electron chi connectivity index (χ3n) is 2.35. The molecule has 6 heteroatoms. The first-order chi connectivity index (χ1) is 7.66. The predicted octanol–water partition coefficient (Wildman–Crippen LogP) is 1.82. The highest BCUT2D eigenvalue weighted by molar-refractivity contribution is 9.10. The third kappa shape index (κ3) is 2.65. The molecule has 0 atom stereocenters. The fourth-order valence-corrected chi connectivity index (χ4v) is 2.52. The summed E-state index contributed by atoms with van der Waals surface area (Å²) < 4.78 is 0.815. The van der Waals surface area contributed by atoms with E-state index in [0.29, 0.717) is 11.6 Å². The van der Waals surface area contributed by atoms with Crippen LogP contribution in [0.1, 0.15) is 6.42 Å². The van der Waals surface area contributed by atoms with Crippen LogP contribution in [0.15, 0.2) is 16.7 Å². The quantitative estimate of drug-likeness (QED) is 0.861. The van der Waals surface area contributed by atoms with Gasteiger partial charge in [-0.3, -0.25) is 4.79 Å². The second kappa shape index (κ2) is 5.01. The van der Waals surface area contributed by atoms with Crippen LogP contribution in [0.5, 0.6) is 0 Å². The number of halogens is 2. The Balaban J connectivity index is 2.24. The molecule has 4 nitrogen and oxygen atoms in total. The molecule has 1 aromatic heterocycles. The number of nitrogens with one attached hydrogen (secondary N) is 1. The van der Waals surface area contributed by atoms with Crippen LogP contribution < -0.4 is 10.2 Å². The molecule has 0 aromatic carbocycles. The molecule has 0 unspecified atom stereocenters. The van der Waals surface area contributed by atoms with Gasteiger partial charge in [0, 0.05) is 19.3 Å². The number of hydrogen-bond donors (Lipinski definition) is 1. The van der Waals surface area contributed by atoms with E-state index < -0.39 is 0 Å². The first-order valence-electron chi connectivity index (χ1n) is 4.99. The van der Waals surface area contributed by atoms with E-state index in [2.05, 4.69) is 26.2 Å². The molecular formula is C10H11BrClN3O. The molecule has 1 saturated heterocycles. The summed E-state index contributed by atoms with van der Waals surface area (Å²) in [6, 6.07) is 1.78. The van der Waals surface area contributed by atoms with Crippen LogP contribution in [0.4, 0.5) is 5.82 Å². The molecule has 1 fully saturated rings. The normalized spacial score (nSPS) is 16.9. The zero-order valence-corrected chi connectivity index (χ0v) is 10.9. The molecule has 1 aromatic rings. The average Bonchev–Trinajstić information content (AvgIpc) is 2.43. The van der Waals surface area contributed by atoms with Crippen molar-refractivity contribution in [1.29, 1.82) is 0 Å². The Bertz CT molecular complexity index is 413. The van der Waals surface area contributed by atoms with Crippen molar-refractivity contribution in [2.45, 2.75) is 6.42 Å². The van der Waals surface area contributed by atoms with Gasteiger partial charge in [-0.15, -0.1) is 0 Å². The minimum atomic E-state index is 0.0288. The summed E-state index contributed by atoms with van der Waals surface area (Å²) in [5.74, 6) is 0.794. The topological polar surface area (TPSA) is 45.2 Å². The highest BCUT2D eigenvalue weighted by Gasteiger charge is 2.18. The highest BCUT2D eigenvalue weighted by atomic mass is 79.9. The first-order valence-corrected chi connectivity index (χ1v) is 6.16. The van der Waals surface area contributed by atoms with Gasteiger partial charge >= 0.3 is 0 Å². The summed E-state index contributed by atoms with van der Waals surface area (Å²) >= 11 is 9.23. The van der Waals surface area contributed by atoms with Gasteiger partial charge in [0.05, 0.1) is 16.0 Å². The Hall–Kier alpha value is -0.810. The lowest BCUT2D eigenvalue weighted by molar-refractivity contribution is -0.119. The molecule has 0 bridgehead atoms. The number of rotatable bonds is 1. The molecule has 0 saturated carbocycles. The van der Waals surface area contributed by atoms with Gasteiger partial charge in [0.2, 0.25) is 5.91 Å². The number of carbonyl (C=O) groups excluding carboxylic acids is 1. The zero-order chi connectivity index (χ0) is 11.5. The van der Waals surface area contributed by atoms with Crippen LogP contribution in [0.25, 0.3) is 0 Å². The molecule has 0 radical (unpaired) electrons. The Kier molecular flexibility index (Phi) is 3.66. The maximum absolute atomic E-state index is 11.4. The van der Waals surface area contributed by atoms with Crippen LogP contribution in [-0.4, -0.2) is 30.5 Å². The lowest BCUT2D eigenvalue weighted by Gasteiger charge is -2.21. The number of aromatic nitrogens is 1. The molecule has 86 valence electrons. The molecule has 16 heavy (non-hydrogen) atoms. The molecular weight excluding hydrogens is 293 g/mol. The van der Waals surface area contributed by atoms with Gasteiger partial charge in [0.1, 0.15) is 5.82 Å². The van der Waals surface area contributed by atoms with Crippen molar-refractivity contribution in [1.82, 2.24) is 10.3 Å². The predicted molar refractivity (Wildman–Crippen MR) is 66.8 cm³/mol. The van der Waals surface area contributed by atoms with E-state index in [9.17, 15) is 4.79 Å². The molecule has 1 N–H and O–H groups in total. The third-order valence-corrected chi connectivity index (χ3v) is 3.14. The van der Waals surface area contributed by atoms with Crippen molar-refractivity contribution < 1.29 is 4.79 Å². The Labute approximate surface area is 107 Å². The van der Waals surface area contributed by atoms with E-state index in [1.165, 1.54) is 0 Å². The maximum Gasteiger partial charge on any atom is 0.239 e. The maximum atomic E-state index is 11.4. The molecule has 1 aliphatic rings. The molecule has 2 heterocycles. The monoisotopic (exact) mass is 303 g/mol. The molecule has 1 aliphatic heterocycles. The van der Waals surface area contributed by atoms with Gasteiger partial charge in [-0.25, -0.2) is 4.98 Å². The minimum Gasteiger partial charge on any atom is -0.354 e. The number of pyridine rings is 1. The molecule has 1 amide bonds. The van der Waals surface area contributed by atoms with E-state index in [4.69, 9.17) is 11.6 Å². The van der Waals surface area contributed by atoms with E-state index in [1.807, 2.05) is 4.90 Å². The van der Waals surface area contributed by atoms with Crippen molar-refractivity contribution in [3.05, 3.63) is 21.8 Å². The van der Waals surface area contributed by atoms with Gasteiger partial charge in [-0.2, -0.15) is 0 Å². The van der Waals surface area contributed by atoms with E-state index in [1.54, 1.807) is 12.3 Å². The fourth-order valence-electron chi connectivity index (χ4n) is 1.63. The van der Waals surface area contributed by atoms with Gasteiger partial charge in [-0.05, 0) is 28.4 Å². The molecule has 0 aliphatic carbocycles. The first kappa shape index (κ1) is 11.7. The number of hydrogen-bond acceptors (Lipinski definition) is 3. The van der Waals surface area contributed by atoms with Crippen LogP contribution in [-0.2, 0) is 4.79 Å². The summed E-state index contributed by atoms with van der Waals surface area (Å²) in [5.41, 5.74) is 0. The second-order valence-corrected chi connectivity index (χ2v) is 4.87. The van der Waals surface area contributed by atoms with Crippen LogP contribution in [0.2, 0.25) is 5.02 Å². The minimum absolute atomic E-state index is 0.0288. The van der Waals surface area contributed by atoms with Crippen molar-refractivity contribution in [3.63, 3.8) is 0 Å². The number of anilines is 1. The average molecular weight is 305 g/mol. The van der Waals surface area contributed by atoms with Gasteiger partial charge in [0.25, 0.3) is 0 Å². The Morgan fingerprint density at radius 3 is 3.12 bits per heavy atom. The van der Waals surface area contributed by atoms with Gasteiger partial charge in [0.15, 0.2) is 0 Å². The van der Waals surface area contributed by atoms with E-state index in [0.717, 1.165) is 29.8 Å². The second-order valence-electron chi connectivity index (χ2n) is 3.58. The molecule has 2 rings (SSSR count). The summed E-state index contributed by atoms with van der Waals surface area (Å²) in [6.45, 7) is 1.87. The SMILES string of the molecule is O=C1CN(c2ncc(Cl)cc2Br)CCCN1. The van der Waals surface area contributed by atoms with E-state index in [-0.39, 0.29) is 5.91 Å². The molecule has 0 spiro atoms. The highest BCUT2D eigenvalue weighted by Crippen LogP contribution is 2.26. The summed E-state index contributed by atoms with van der Waals surface area (Å²) in [4.78, 5) is 17.6. The number of carbonyl (C=O) groups is 1. The van der Waals surface area contributed by atoms with Crippen LogP contribution >= 0.6 is 27.5 Å². The van der Waals surface area contributed by atoms with Crippen molar-refractivity contribution in [3.8, 4) is 0 Å². The number of amides is 1. The van der Waals surface area contributed by atoms with Gasteiger partial charge in [-0.1, -0.05) is 11.6 Å². The van der Waals surface area contributed by atoms with Crippen molar-refractivity contribution >= 4 is 39.3 Å². The number of nitrogens with zero attached hydrogens (tertiary/aromatic N) is 2. The van der Waals surface area contributed by atoms with E-state index >= 15 is 0 Å². The Morgan fingerprint density at radius 2 is 2.38 bits per heavy atom. The fraction of sp³-hybridized carbons (Fsp3) is 0.400. The van der Waals surface area contributed by atoms with Crippen LogP contribution in [0, 0.1) is 0 Å². The lowest BCUT2D eigenvalue weighted by Crippen LogP contribution is -2.33. The van der Waals surface area contributed by atoms with Gasteiger partial charge < -0.3 is 10.2 Å². The Morgan fingerprint density at radius 1 is 1.56 bits per heavy atom. The summed E-state index contributed by atoms with van der Waals surface area (Å²) in [6.07, 6.45) is 2.51. The zero-order valence-electron chi connectivity index (χ0n) is 8.54.